The third kappa shape index (κ3) is 4.41. The van der Waals surface area contributed by atoms with Crippen molar-refractivity contribution < 1.29 is 10.2 Å². The first kappa shape index (κ1) is 15.2. The molecule has 0 aliphatic heterocycles. The summed E-state index contributed by atoms with van der Waals surface area (Å²) in [6, 6.07) is 6.11. The number of nitrogens with zero attached hydrogens (tertiary/aromatic N) is 1. The Morgan fingerprint density at radius 1 is 1.17 bits per heavy atom. The Morgan fingerprint density at radius 2 is 1.89 bits per heavy atom. The van der Waals surface area contributed by atoms with Gasteiger partial charge >= 0.3 is 0 Å². The summed E-state index contributed by atoms with van der Waals surface area (Å²) >= 11 is 0. The van der Waals surface area contributed by atoms with Gasteiger partial charge in [0.05, 0.1) is 12.7 Å². The van der Waals surface area contributed by atoms with Crippen LogP contribution < -0.4 is 0 Å². The van der Waals surface area contributed by atoms with Crippen molar-refractivity contribution in [2.75, 3.05) is 26.2 Å². The van der Waals surface area contributed by atoms with Gasteiger partial charge in [0.25, 0.3) is 0 Å². The largest absolute Gasteiger partial charge is 0.395 e. The van der Waals surface area contributed by atoms with Crippen LogP contribution in [0.15, 0.2) is 18.2 Å². The molecule has 102 valence electrons. The van der Waals surface area contributed by atoms with Gasteiger partial charge in [0.1, 0.15) is 0 Å². The highest BCUT2D eigenvalue weighted by atomic mass is 16.3. The third-order valence-electron chi connectivity index (χ3n) is 3.50. The fraction of sp³-hybridized carbons (Fsp3) is 0.600. The molecule has 1 atom stereocenters. The van der Waals surface area contributed by atoms with Crippen LogP contribution in [-0.4, -0.2) is 41.4 Å². The summed E-state index contributed by atoms with van der Waals surface area (Å²) in [7, 11) is 0. The summed E-state index contributed by atoms with van der Waals surface area (Å²) < 4.78 is 0. The van der Waals surface area contributed by atoms with Crippen LogP contribution in [0, 0.1) is 13.8 Å². The Morgan fingerprint density at radius 3 is 2.44 bits per heavy atom. The minimum Gasteiger partial charge on any atom is -0.395 e. The number of hydrogen-bond donors (Lipinski definition) is 2. The third-order valence-corrected chi connectivity index (χ3v) is 3.50. The molecule has 0 fully saturated rings. The lowest BCUT2D eigenvalue weighted by Gasteiger charge is -2.21. The van der Waals surface area contributed by atoms with Gasteiger partial charge in [-0.05, 0) is 43.5 Å². The van der Waals surface area contributed by atoms with E-state index in [-0.39, 0.29) is 6.61 Å². The van der Waals surface area contributed by atoms with E-state index in [9.17, 15) is 5.11 Å². The van der Waals surface area contributed by atoms with Crippen LogP contribution in [0.25, 0.3) is 0 Å². The summed E-state index contributed by atoms with van der Waals surface area (Å²) in [5, 5.41) is 19.1. The molecular formula is C15H25NO2. The molecule has 0 amide bonds. The van der Waals surface area contributed by atoms with Crippen LogP contribution in [0.5, 0.6) is 0 Å². The highest BCUT2D eigenvalue weighted by Gasteiger charge is 2.10. The van der Waals surface area contributed by atoms with Crippen molar-refractivity contribution in [1.82, 2.24) is 4.90 Å². The molecule has 3 nitrogen and oxygen atoms in total. The van der Waals surface area contributed by atoms with Gasteiger partial charge in [0.15, 0.2) is 0 Å². The molecule has 0 heterocycles. The Labute approximate surface area is 110 Å². The van der Waals surface area contributed by atoms with Crippen molar-refractivity contribution in [2.24, 2.45) is 0 Å². The Balaban J connectivity index is 2.53. The van der Waals surface area contributed by atoms with Gasteiger partial charge in [-0.25, -0.2) is 0 Å². The average molecular weight is 251 g/mol. The predicted molar refractivity (Wildman–Crippen MR) is 74.7 cm³/mol. The molecule has 0 bridgehead atoms. The number of rotatable bonds is 7. The van der Waals surface area contributed by atoms with Gasteiger partial charge < -0.3 is 15.1 Å². The number of likely N-dealkylation sites (N-methyl/N-ethyl adjacent to an activating group) is 1. The van der Waals surface area contributed by atoms with E-state index in [1.807, 2.05) is 6.07 Å². The Hall–Kier alpha value is -0.900. The minimum atomic E-state index is -0.419. The Bertz CT molecular complexity index is 366. The summed E-state index contributed by atoms with van der Waals surface area (Å²) in [6.45, 7) is 8.77. The number of aryl methyl sites for hydroxylation is 2. The van der Waals surface area contributed by atoms with E-state index in [4.69, 9.17) is 5.11 Å². The van der Waals surface area contributed by atoms with Gasteiger partial charge in [-0.2, -0.15) is 0 Å². The van der Waals surface area contributed by atoms with Crippen LogP contribution in [0.4, 0.5) is 0 Å². The molecule has 0 aliphatic rings. The summed E-state index contributed by atoms with van der Waals surface area (Å²) in [5.41, 5.74) is 3.45. The first-order valence-electron chi connectivity index (χ1n) is 6.67. The molecule has 0 saturated carbocycles. The van der Waals surface area contributed by atoms with Gasteiger partial charge in [-0.3, -0.25) is 0 Å². The smallest absolute Gasteiger partial charge is 0.0802 e. The molecule has 3 heteroatoms. The lowest BCUT2D eigenvalue weighted by Crippen LogP contribution is -2.28. The summed E-state index contributed by atoms with van der Waals surface area (Å²) in [6.07, 6.45) is 0.285. The maximum absolute atomic E-state index is 10.2. The second-order valence-electron chi connectivity index (χ2n) is 4.81. The molecule has 0 aliphatic carbocycles. The maximum Gasteiger partial charge on any atom is 0.0802 e. The fourth-order valence-corrected chi connectivity index (χ4v) is 2.01. The van der Waals surface area contributed by atoms with E-state index in [0.717, 1.165) is 18.7 Å². The molecule has 1 aromatic carbocycles. The number of benzene rings is 1. The molecule has 1 unspecified atom stereocenters. The molecule has 1 aromatic rings. The van der Waals surface area contributed by atoms with Crippen LogP contribution in [0.3, 0.4) is 0 Å². The molecule has 1 rings (SSSR count). The Kier molecular flexibility index (Phi) is 6.33. The maximum atomic E-state index is 10.2. The predicted octanol–water partition coefficient (Wildman–Crippen LogP) is 2.04. The zero-order valence-corrected chi connectivity index (χ0v) is 11.7. The first-order chi connectivity index (χ1) is 8.58. The normalized spacial score (nSPS) is 13.0. The summed E-state index contributed by atoms with van der Waals surface area (Å²) in [5.74, 6) is 0. The van der Waals surface area contributed by atoms with Crippen LogP contribution in [0.1, 0.15) is 36.1 Å². The number of hydrogen-bond acceptors (Lipinski definition) is 3. The van der Waals surface area contributed by atoms with E-state index in [2.05, 4.69) is 37.8 Å². The number of aliphatic hydroxyl groups excluding tert-OH is 2. The molecule has 2 N–H and O–H groups in total. The molecule has 18 heavy (non-hydrogen) atoms. The van der Waals surface area contributed by atoms with Gasteiger partial charge in [-0.15, -0.1) is 0 Å². The second kappa shape index (κ2) is 7.52. The quantitative estimate of drug-likeness (QED) is 0.779. The van der Waals surface area contributed by atoms with Crippen molar-refractivity contribution in [1.29, 1.82) is 0 Å². The molecule has 0 radical (unpaired) electrons. The molecular weight excluding hydrogens is 226 g/mol. The van der Waals surface area contributed by atoms with Crippen LogP contribution in [-0.2, 0) is 0 Å². The lowest BCUT2D eigenvalue weighted by atomic mass is 10.0. The van der Waals surface area contributed by atoms with Crippen molar-refractivity contribution in [3.05, 3.63) is 34.9 Å². The first-order valence-corrected chi connectivity index (χ1v) is 6.67. The van der Waals surface area contributed by atoms with E-state index in [0.29, 0.717) is 13.0 Å². The van der Waals surface area contributed by atoms with Crippen molar-refractivity contribution in [3.63, 3.8) is 0 Å². The van der Waals surface area contributed by atoms with Crippen LogP contribution >= 0.6 is 0 Å². The highest BCUT2D eigenvalue weighted by molar-refractivity contribution is 5.31. The minimum absolute atomic E-state index is 0.174. The molecule has 0 spiro atoms. The second-order valence-corrected chi connectivity index (χ2v) is 4.81. The number of aliphatic hydroxyl groups is 2. The molecule has 0 saturated heterocycles. The zero-order valence-electron chi connectivity index (χ0n) is 11.7. The van der Waals surface area contributed by atoms with E-state index in [1.165, 1.54) is 11.1 Å². The SMILES string of the molecule is CCN(CCO)CCC(O)c1ccc(C)c(C)c1. The van der Waals surface area contributed by atoms with Gasteiger partial charge in [0.2, 0.25) is 0 Å². The van der Waals surface area contributed by atoms with E-state index < -0.39 is 6.10 Å². The monoisotopic (exact) mass is 251 g/mol. The standard InChI is InChI=1S/C15H25NO2/c1-4-16(9-10-17)8-7-15(18)14-6-5-12(2)13(3)11-14/h5-6,11,15,17-18H,4,7-10H2,1-3H3. The van der Waals surface area contributed by atoms with Crippen LogP contribution in [0.2, 0.25) is 0 Å². The van der Waals surface area contributed by atoms with Gasteiger partial charge in [-0.1, -0.05) is 25.1 Å². The summed E-state index contributed by atoms with van der Waals surface area (Å²) in [4.78, 5) is 2.14. The highest BCUT2D eigenvalue weighted by Crippen LogP contribution is 2.20. The van der Waals surface area contributed by atoms with Crippen molar-refractivity contribution in [3.8, 4) is 0 Å². The van der Waals surface area contributed by atoms with E-state index in [1.54, 1.807) is 0 Å². The zero-order chi connectivity index (χ0) is 13.5. The van der Waals surface area contributed by atoms with E-state index >= 15 is 0 Å². The topological polar surface area (TPSA) is 43.7 Å². The fourth-order valence-electron chi connectivity index (χ4n) is 2.01. The van der Waals surface area contributed by atoms with Gasteiger partial charge in [0, 0.05) is 13.1 Å². The van der Waals surface area contributed by atoms with Crippen molar-refractivity contribution in [2.45, 2.75) is 33.3 Å². The average Bonchev–Trinajstić information content (AvgIpc) is 2.37. The molecule has 0 aromatic heterocycles. The lowest BCUT2D eigenvalue weighted by molar-refractivity contribution is 0.133. The van der Waals surface area contributed by atoms with Crippen molar-refractivity contribution >= 4 is 0 Å².